The molecule has 0 radical (unpaired) electrons. The summed E-state index contributed by atoms with van der Waals surface area (Å²) in [5.74, 6) is 0.0866. The third-order valence-corrected chi connectivity index (χ3v) is 6.45. The van der Waals surface area contributed by atoms with Gasteiger partial charge in [-0.15, -0.1) is 11.3 Å². The van der Waals surface area contributed by atoms with Crippen molar-refractivity contribution in [1.29, 1.82) is 5.41 Å². The Labute approximate surface area is 178 Å². The van der Waals surface area contributed by atoms with Crippen molar-refractivity contribution in [1.82, 2.24) is 4.98 Å². The molecule has 1 fully saturated rings. The Kier molecular flexibility index (Phi) is 4.75. The van der Waals surface area contributed by atoms with Gasteiger partial charge in [-0.2, -0.15) is 0 Å². The molecule has 0 aliphatic carbocycles. The van der Waals surface area contributed by atoms with Crippen LogP contribution in [0.25, 0.3) is 16.8 Å². The largest absolute Gasteiger partial charge is 0.510 e. The summed E-state index contributed by atoms with van der Waals surface area (Å²) >= 11 is 1.37. The maximum absolute atomic E-state index is 13.2. The summed E-state index contributed by atoms with van der Waals surface area (Å²) in [6.45, 7) is 2.43. The van der Waals surface area contributed by atoms with Gasteiger partial charge in [-0.1, -0.05) is 0 Å². The summed E-state index contributed by atoms with van der Waals surface area (Å²) < 4.78 is 13.2. The summed E-state index contributed by atoms with van der Waals surface area (Å²) in [5.41, 5.74) is 4.04. The number of thiazole rings is 1. The molecule has 0 bridgehead atoms. The Morgan fingerprint density at radius 3 is 2.33 bits per heavy atom. The lowest BCUT2D eigenvalue weighted by Gasteiger charge is -2.21. The Bertz CT molecular complexity index is 1110. The lowest BCUT2D eigenvalue weighted by Crippen LogP contribution is -2.26. The Balaban J connectivity index is 1.37. The van der Waals surface area contributed by atoms with Crippen molar-refractivity contribution in [3.05, 3.63) is 70.5 Å². The highest BCUT2D eigenvalue weighted by atomic mass is 32.1. The van der Waals surface area contributed by atoms with Gasteiger partial charge < -0.3 is 14.9 Å². The summed E-state index contributed by atoms with van der Waals surface area (Å²) in [7, 11) is 0. The van der Waals surface area contributed by atoms with Crippen molar-refractivity contribution < 1.29 is 9.50 Å². The Hall–Kier alpha value is -3.19. The second kappa shape index (κ2) is 7.57. The second-order valence-corrected chi connectivity index (χ2v) is 8.37. The summed E-state index contributed by atoms with van der Waals surface area (Å²) in [4.78, 5) is 8.75. The van der Waals surface area contributed by atoms with Crippen LogP contribution in [0.2, 0.25) is 0 Å². The van der Waals surface area contributed by atoms with Crippen LogP contribution in [0.3, 0.4) is 0 Å². The van der Waals surface area contributed by atoms with E-state index in [1.165, 1.54) is 42.0 Å². The highest BCUT2D eigenvalue weighted by molar-refractivity contribution is 7.11. The van der Waals surface area contributed by atoms with Gasteiger partial charge in [-0.3, -0.25) is 5.41 Å². The molecule has 0 saturated carbocycles. The van der Waals surface area contributed by atoms with Gasteiger partial charge in [0, 0.05) is 35.4 Å². The molecule has 2 aromatic carbocycles. The molecular formula is C23H21FN4OS. The van der Waals surface area contributed by atoms with Gasteiger partial charge in [0.05, 0.1) is 17.8 Å². The molecule has 1 saturated heterocycles. The molecule has 1 aromatic heterocycles. The van der Waals surface area contributed by atoms with Crippen LogP contribution in [0.4, 0.5) is 15.8 Å². The van der Waals surface area contributed by atoms with Crippen LogP contribution in [0.5, 0.6) is 0 Å². The molecule has 7 heteroatoms. The summed E-state index contributed by atoms with van der Waals surface area (Å²) in [6.07, 6.45) is 2.46. The van der Waals surface area contributed by atoms with E-state index < -0.39 is 0 Å². The molecule has 5 nitrogen and oxygen atoms in total. The van der Waals surface area contributed by atoms with Gasteiger partial charge in [0.15, 0.2) is 0 Å². The number of rotatable bonds is 4. The van der Waals surface area contributed by atoms with E-state index in [9.17, 15) is 9.50 Å². The van der Waals surface area contributed by atoms with Crippen LogP contribution < -0.4 is 9.80 Å². The van der Waals surface area contributed by atoms with Crippen molar-refractivity contribution in [3.63, 3.8) is 0 Å². The minimum absolute atomic E-state index is 0.142. The minimum Gasteiger partial charge on any atom is -0.510 e. The first kappa shape index (κ1) is 18.8. The van der Waals surface area contributed by atoms with Gasteiger partial charge in [-0.25, -0.2) is 9.37 Å². The molecule has 3 heterocycles. The fraction of sp³-hybridized carbons (Fsp3) is 0.217. The van der Waals surface area contributed by atoms with E-state index in [2.05, 4.69) is 22.0 Å². The van der Waals surface area contributed by atoms with Gasteiger partial charge in [0.2, 0.25) is 0 Å². The van der Waals surface area contributed by atoms with Gasteiger partial charge in [-0.05, 0) is 61.4 Å². The zero-order chi connectivity index (χ0) is 20.7. The number of aliphatic hydroxyl groups excluding tert-OH is 1. The van der Waals surface area contributed by atoms with E-state index in [4.69, 9.17) is 5.41 Å². The Morgan fingerprint density at radius 2 is 1.63 bits per heavy atom. The molecule has 3 aromatic rings. The predicted molar refractivity (Wildman–Crippen MR) is 120 cm³/mol. The van der Waals surface area contributed by atoms with E-state index in [-0.39, 0.29) is 24.0 Å². The van der Waals surface area contributed by atoms with Crippen LogP contribution >= 0.6 is 11.3 Å². The highest BCUT2D eigenvalue weighted by Gasteiger charge is 2.31. The van der Waals surface area contributed by atoms with Crippen molar-refractivity contribution in [2.75, 3.05) is 29.4 Å². The van der Waals surface area contributed by atoms with Gasteiger partial charge in [0.25, 0.3) is 0 Å². The lowest BCUT2D eigenvalue weighted by atomic mass is 10.2. The molecule has 2 N–H and O–H groups in total. The van der Waals surface area contributed by atoms with Crippen LogP contribution in [-0.4, -0.2) is 35.6 Å². The lowest BCUT2D eigenvalue weighted by molar-refractivity contribution is 0.411. The smallest absolute Gasteiger partial charge is 0.139 e. The molecule has 0 atom stereocenters. The minimum atomic E-state index is -0.293. The molecule has 2 aliphatic rings. The number of aliphatic hydroxyl groups is 1. The average Bonchev–Trinajstić information content (AvgIpc) is 3.50. The molecule has 152 valence electrons. The maximum atomic E-state index is 13.2. The molecule has 0 unspecified atom stereocenters. The van der Waals surface area contributed by atoms with E-state index in [1.54, 1.807) is 17.0 Å². The standard InChI is InChI=1S/C23H21FN4OS/c24-16-5-3-15(4-6-16)19-14-30-23(26-19)21-20(29)13-28(22(21)25)18-9-7-17(8-10-18)27-11-1-2-12-27/h3-10,14,25,29H,1-2,11-13H2. The molecule has 2 aliphatic heterocycles. The number of amidine groups is 1. The van der Waals surface area contributed by atoms with Crippen molar-refractivity contribution >= 4 is 34.1 Å². The zero-order valence-corrected chi connectivity index (χ0v) is 17.1. The number of nitrogens with zero attached hydrogens (tertiary/aromatic N) is 3. The third-order valence-electron chi connectivity index (χ3n) is 5.59. The normalized spacial score (nSPS) is 16.8. The molecule has 0 amide bonds. The summed E-state index contributed by atoms with van der Waals surface area (Å²) in [5, 5.41) is 21.7. The topological polar surface area (TPSA) is 63.5 Å². The quantitative estimate of drug-likeness (QED) is 0.600. The van der Waals surface area contributed by atoms with Crippen molar-refractivity contribution in [2.45, 2.75) is 12.8 Å². The van der Waals surface area contributed by atoms with E-state index >= 15 is 0 Å². The third kappa shape index (κ3) is 3.35. The fourth-order valence-electron chi connectivity index (χ4n) is 3.99. The monoisotopic (exact) mass is 420 g/mol. The van der Waals surface area contributed by atoms with Gasteiger partial charge >= 0.3 is 0 Å². The second-order valence-electron chi connectivity index (χ2n) is 7.51. The predicted octanol–water partition coefficient (Wildman–Crippen LogP) is 5.32. The molecule has 0 spiro atoms. The molecule has 30 heavy (non-hydrogen) atoms. The van der Waals surface area contributed by atoms with Crippen LogP contribution in [0.1, 0.15) is 17.8 Å². The SMILES string of the molecule is N=C1C(c2nc(-c3ccc(F)cc3)cs2)=C(O)CN1c1ccc(N2CCCC2)cc1. The number of benzene rings is 2. The number of aromatic nitrogens is 1. The first-order chi connectivity index (χ1) is 14.6. The van der Waals surface area contributed by atoms with Crippen LogP contribution in [0, 0.1) is 11.2 Å². The van der Waals surface area contributed by atoms with Crippen molar-refractivity contribution in [2.24, 2.45) is 0 Å². The highest BCUT2D eigenvalue weighted by Crippen LogP contribution is 2.35. The number of hydrogen-bond donors (Lipinski definition) is 2. The molecule has 5 rings (SSSR count). The van der Waals surface area contributed by atoms with Gasteiger partial charge in [0.1, 0.15) is 22.4 Å². The number of hydrogen-bond acceptors (Lipinski definition) is 5. The first-order valence-electron chi connectivity index (χ1n) is 9.95. The first-order valence-corrected chi connectivity index (χ1v) is 10.8. The molecular weight excluding hydrogens is 399 g/mol. The Morgan fingerprint density at radius 1 is 0.967 bits per heavy atom. The maximum Gasteiger partial charge on any atom is 0.139 e. The number of anilines is 2. The van der Waals surface area contributed by atoms with E-state index in [1.807, 2.05) is 17.5 Å². The van der Waals surface area contributed by atoms with E-state index in [0.29, 0.717) is 16.3 Å². The average molecular weight is 421 g/mol. The van der Waals surface area contributed by atoms with Crippen molar-refractivity contribution in [3.8, 4) is 11.3 Å². The van der Waals surface area contributed by atoms with Crippen LogP contribution in [0.15, 0.2) is 59.7 Å². The van der Waals surface area contributed by atoms with E-state index in [0.717, 1.165) is 24.3 Å². The van der Waals surface area contributed by atoms with Crippen LogP contribution in [-0.2, 0) is 0 Å². The fourth-order valence-corrected chi connectivity index (χ4v) is 4.88. The summed E-state index contributed by atoms with van der Waals surface area (Å²) in [6, 6.07) is 14.3. The number of halogens is 1. The zero-order valence-electron chi connectivity index (χ0n) is 16.3. The number of nitrogens with one attached hydrogen (secondary N) is 1.